The van der Waals surface area contributed by atoms with Crippen LogP contribution in [0.4, 0.5) is 0 Å². The monoisotopic (exact) mass is 200 g/mol. The Bertz CT molecular complexity index is 195. The van der Waals surface area contributed by atoms with Crippen LogP contribution in [0.1, 0.15) is 27.2 Å². The molecule has 0 radical (unpaired) electrons. The zero-order valence-corrected chi connectivity index (χ0v) is 9.36. The van der Waals surface area contributed by atoms with Gasteiger partial charge in [0.15, 0.2) is 0 Å². The van der Waals surface area contributed by atoms with Crippen molar-refractivity contribution in [3.8, 4) is 0 Å². The summed E-state index contributed by atoms with van der Waals surface area (Å²) >= 11 is 0. The molecule has 82 valence electrons. The predicted octanol–water partition coefficient (Wildman–Crippen LogP) is 1.76. The number of carbonyl (C=O) groups is 1. The third kappa shape index (κ3) is 5.75. The summed E-state index contributed by atoms with van der Waals surface area (Å²) < 4.78 is 4.67. The Balaban J connectivity index is 4.32. The molecule has 2 atom stereocenters. The number of hydrogen-bond acceptors (Lipinski definition) is 3. The summed E-state index contributed by atoms with van der Waals surface area (Å²) in [5, 5.41) is 9.05. The molecule has 0 aliphatic carbocycles. The van der Waals surface area contributed by atoms with E-state index >= 15 is 0 Å². The van der Waals surface area contributed by atoms with Crippen molar-refractivity contribution in [2.75, 3.05) is 7.11 Å². The van der Waals surface area contributed by atoms with Crippen LogP contribution in [0.3, 0.4) is 0 Å². The molecule has 0 aliphatic heterocycles. The Morgan fingerprint density at radius 2 is 1.93 bits per heavy atom. The number of carbonyl (C=O) groups excluding carboxylic acids is 1. The molecule has 3 nitrogen and oxygen atoms in total. The molecule has 0 saturated heterocycles. The highest BCUT2D eigenvalue weighted by Crippen LogP contribution is 2.14. The van der Waals surface area contributed by atoms with Crippen molar-refractivity contribution < 1.29 is 14.6 Å². The highest BCUT2D eigenvalue weighted by molar-refractivity contribution is 5.74. The summed E-state index contributed by atoms with van der Waals surface area (Å²) in [4.78, 5) is 11.3. The molecule has 3 heteroatoms. The van der Waals surface area contributed by atoms with Crippen molar-refractivity contribution in [2.24, 2.45) is 11.8 Å². The number of rotatable bonds is 5. The van der Waals surface area contributed by atoms with Crippen LogP contribution in [0, 0.1) is 11.8 Å². The van der Waals surface area contributed by atoms with Gasteiger partial charge in [-0.3, -0.25) is 4.79 Å². The first-order chi connectivity index (χ1) is 6.47. The second kappa shape index (κ2) is 6.60. The standard InChI is InChI=1S/C11H20O3/c1-8(2)7-10(11(13)14-4)6-5-9(3)12/h5-6,8-10,12H,7H2,1-4H3/t9-,10-/m1/s1. The van der Waals surface area contributed by atoms with Crippen molar-refractivity contribution >= 4 is 5.97 Å². The summed E-state index contributed by atoms with van der Waals surface area (Å²) in [5.74, 6) is -0.0528. The maximum Gasteiger partial charge on any atom is 0.312 e. The minimum absolute atomic E-state index is 0.240. The molecule has 0 spiro atoms. The topological polar surface area (TPSA) is 46.5 Å². The van der Waals surface area contributed by atoms with E-state index in [1.54, 1.807) is 19.1 Å². The van der Waals surface area contributed by atoms with Crippen LogP contribution in [0.2, 0.25) is 0 Å². The largest absolute Gasteiger partial charge is 0.469 e. The van der Waals surface area contributed by atoms with Crippen LogP contribution in [-0.4, -0.2) is 24.3 Å². The molecule has 0 unspecified atom stereocenters. The van der Waals surface area contributed by atoms with Gasteiger partial charge in [0, 0.05) is 0 Å². The molecular weight excluding hydrogens is 180 g/mol. The zero-order valence-electron chi connectivity index (χ0n) is 9.36. The van der Waals surface area contributed by atoms with E-state index in [1.807, 2.05) is 13.8 Å². The molecular formula is C11H20O3. The summed E-state index contributed by atoms with van der Waals surface area (Å²) in [6, 6.07) is 0. The average molecular weight is 200 g/mol. The SMILES string of the molecule is COC(=O)[C@H](C=C[C@@H](C)O)CC(C)C. The minimum atomic E-state index is -0.519. The Morgan fingerprint density at radius 3 is 2.29 bits per heavy atom. The number of aliphatic hydroxyl groups excluding tert-OH is 1. The fraction of sp³-hybridized carbons (Fsp3) is 0.727. The molecule has 0 aromatic carbocycles. The van der Waals surface area contributed by atoms with Gasteiger partial charge >= 0.3 is 5.97 Å². The predicted molar refractivity (Wildman–Crippen MR) is 55.8 cm³/mol. The number of aliphatic hydroxyl groups is 1. The third-order valence-electron chi connectivity index (χ3n) is 1.85. The molecule has 0 rings (SSSR count). The molecule has 1 N–H and O–H groups in total. The molecule has 0 aliphatic rings. The molecule has 0 heterocycles. The fourth-order valence-corrected chi connectivity index (χ4v) is 1.21. The van der Waals surface area contributed by atoms with Crippen LogP contribution >= 0.6 is 0 Å². The van der Waals surface area contributed by atoms with Gasteiger partial charge in [0.05, 0.1) is 19.1 Å². The van der Waals surface area contributed by atoms with Gasteiger partial charge in [-0.15, -0.1) is 0 Å². The normalized spacial score (nSPS) is 15.9. The number of esters is 1. The van der Waals surface area contributed by atoms with Crippen molar-refractivity contribution in [2.45, 2.75) is 33.3 Å². The van der Waals surface area contributed by atoms with Crippen LogP contribution in [0.5, 0.6) is 0 Å². The summed E-state index contributed by atoms with van der Waals surface area (Å²) in [6.07, 6.45) is 3.56. The molecule has 0 aromatic heterocycles. The third-order valence-corrected chi connectivity index (χ3v) is 1.85. The minimum Gasteiger partial charge on any atom is -0.469 e. The number of ether oxygens (including phenoxy) is 1. The highest BCUT2D eigenvalue weighted by atomic mass is 16.5. The lowest BCUT2D eigenvalue weighted by Crippen LogP contribution is -2.16. The van der Waals surface area contributed by atoms with Gasteiger partial charge < -0.3 is 9.84 Å². The molecule has 0 amide bonds. The second-order valence-corrected chi connectivity index (χ2v) is 3.88. The number of methoxy groups -OCH3 is 1. The molecule has 14 heavy (non-hydrogen) atoms. The van der Waals surface area contributed by atoms with Crippen molar-refractivity contribution in [1.29, 1.82) is 0 Å². The van der Waals surface area contributed by atoms with Crippen LogP contribution in [-0.2, 0) is 9.53 Å². The fourth-order valence-electron chi connectivity index (χ4n) is 1.21. The first kappa shape index (κ1) is 13.2. The van der Waals surface area contributed by atoms with Crippen LogP contribution in [0.15, 0.2) is 12.2 Å². The van der Waals surface area contributed by atoms with Crippen molar-refractivity contribution in [1.82, 2.24) is 0 Å². The number of hydrogen-bond donors (Lipinski definition) is 1. The van der Waals surface area contributed by atoms with Gasteiger partial charge in [-0.05, 0) is 19.3 Å². The Morgan fingerprint density at radius 1 is 1.36 bits per heavy atom. The van der Waals surface area contributed by atoms with Gasteiger partial charge in [0.25, 0.3) is 0 Å². The Hall–Kier alpha value is -0.830. The van der Waals surface area contributed by atoms with E-state index in [0.29, 0.717) is 5.92 Å². The van der Waals surface area contributed by atoms with Crippen molar-refractivity contribution in [3.63, 3.8) is 0 Å². The molecule has 0 fully saturated rings. The van der Waals surface area contributed by atoms with Gasteiger partial charge in [-0.25, -0.2) is 0 Å². The van der Waals surface area contributed by atoms with E-state index in [9.17, 15) is 4.79 Å². The quantitative estimate of drug-likeness (QED) is 0.543. The average Bonchev–Trinajstić information content (AvgIpc) is 2.10. The first-order valence-electron chi connectivity index (χ1n) is 4.91. The van der Waals surface area contributed by atoms with E-state index in [-0.39, 0.29) is 11.9 Å². The van der Waals surface area contributed by atoms with Gasteiger partial charge in [-0.2, -0.15) is 0 Å². The lowest BCUT2D eigenvalue weighted by atomic mass is 9.96. The molecule has 0 aromatic rings. The second-order valence-electron chi connectivity index (χ2n) is 3.88. The van der Waals surface area contributed by atoms with E-state index in [4.69, 9.17) is 5.11 Å². The van der Waals surface area contributed by atoms with E-state index < -0.39 is 6.10 Å². The van der Waals surface area contributed by atoms with Crippen LogP contribution < -0.4 is 0 Å². The van der Waals surface area contributed by atoms with E-state index in [2.05, 4.69) is 4.74 Å². The van der Waals surface area contributed by atoms with Crippen LogP contribution in [0.25, 0.3) is 0 Å². The Labute approximate surface area is 85.8 Å². The highest BCUT2D eigenvalue weighted by Gasteiger charge is 2.17. The summed E-state index contributed by atoms with van der Waals surface area (Å²) in [6.45, 7) is 5.75. The van der Waals surface area contributed by atoms with E-state index in [0.717, 1.165) is 6.42 Å². The van der Waals surface area contributed by atoms with Gasteiger partial charge in [0.2, 0.25) is 0 Å². The molecule has 0 saturated carbocycles. The lowest BCUT2D eigenvalue weighted by Gasteiger charge is -2.12. The first-order valence-corrected chi connectivity index (χ1v) is 4.91. The van der Waals surface area contributed by atoms with E-state index in [1.165, 1.54) is 7.11 Å². The lowest BCUT2D eigenvalue weighted by molar-refractivity contribution is -0.144. The Kier molecular flexibility index (Phi) is 6.21. The zero-order chi connectivity index (χ0) is 11.1. The maximum atomic E-state index is 11.3. The summed E-state index contributed by atoms with van der Waals surface area (Å²) in [7, 11) is 1.38. The smallest absolute Gasteiger partial charge is 0.312 e. The maximum absolute atomic E-state index is 11.3. The van der Waals surface area contributed by atoms with Gasteiger partial charge in [-0.1, -0.05) is 26.0 Å². The van der Waals surface area contributed by atoms with Gasteiger partial charge in [0.1, 0.15) is 0 Å². The molecule has 0 bridgehead atoms. The summed E-state index contributed by atoms with van der Waals surface area (Å²) in [5.41, 5.74) is 0. The van der Waals surface area contributed by atoms with Crippen molar-refractivity contribution in [3.05, 3.63) is 12.2 Å².